The summed E-state index contributed by atoms with van der Waals surface area (Å²) in [5.74, 6) is 9.83. The van der Waals surface area contributed by atoms with Gasteiger partial charge in [0.15, 0.2) is 81.1 Å². The van der Waals surface area contributed by atoms with Gasteiger partial charge in [-0.05, 0) is 247 Å². The number of hydrogen-bond acceptors (Lipinski definition) is 21. The Morgan fingerprint density at radius 1 is 0.419 bits per heavy atom. The lowest BCUT2D eigenvalue weighted by molar-refractivity contribution is -0.235. The van der Waals surface area contributed by atoms with E-state index in [1.54, 1.807) is 98.8 Å². The van der Waals surface area contributed by atoms with E-state index in [1.165, 1.54) is 63.6 Å². The summed E-state index contributed by atoms with van der Waals surface area (Å²) in [6.45, 7) is 8.86. The molecular formula is C109H108F6N2O19. The molecule has 136 heavy (non-hydrogen) atoms. The monoisotopic (exact) mass is 1860 g/mol. The van der Waals surface area contributed by atoms with E-state index < -0.39 is 224 Å². The number of rotatable bonds is 9. The Morgan fingerprint density at radius 2 is 0.743 bits per heavy atom. The molecule has 2 heterocycles. The Bertz CT molecular complexity index is 6030. The Kier molecular flexibility index (Phi) is 24.9. The molecule has 0 bridgehead atoms. The van der Waals surface area contributed by atoms with Crippen LogP contribution >= 0.6 is 0 Å². The van der Waals surface area contributed by atoms with Crippen molar-refractivity contribution in [3.63, 3.8) is 0 Å². The molecule has 0 spiro atoms. The predicted molar refractivity (Wildman–Crippen MR) is 488 cm³/mol. The number of aliphatic hydroxyl groups is 8. The average molecular weight is 1860 g/mol. The van der Waals surface area contributed by atoms with Gasteiger partial charge in [-0.3, -0.25) is 33.6 Å². The van der Waals surface area contributed by atoms with Gasteiger partial charge in [0.2, 0.25) is 0 Å². The van der Waals surface area contributed by atoms with Gasteiger partial charge in [-0.2, -0.15) is 0 Å². The number of carbonyl (C=O) groups is 7. The summed E-state index contributed by atoms with van der Waals surface area (Å²) >= 11 is 0. The van der Waals surface area contributed by atoms with Gasteiger partial charge in [-0.1, -0.05) is 135 Å². The van der Waals surface area contributed by atoms with Crippen molar-refractivity contribution in [2.24, 2.45) is 68.0 Å². The number of nitrogens with two attached hydrogens (primary N) is 2. The number of halogens is 6. The normalized spacial score (nSPS) is 39.9. The molecule has 14 aliphatic rings. The van der Waals surface area contributed by atoms with E-state index in [1.807, 2.05) is 67.6 Å². The maximum absolute atomic E-state index is 17.5. The second-order valence-electron chi connectivity index (χ2n) is 40.3. The number of ether oxygens (including phenoxy) is 4. The number of allylic oxidation sites excluding steroid dienone is 12. The van der Waals surface area contributed by atoms with Crippen LogP contribution in [0.25, 0.3) is 0 Å². The molecule has 2 aliphatic heterocycles. The molecule has 9 saturated carbocycles. The lowest BCUT2D eigenvalue weighted by atomic mass is 9.44. The lowest BCUT2D eigenvalue weighted by Crippen LogP contribution is -2.70. The van der Waals surface area contributed by atoms with E-state index in [2.05, 4.69) is 35.5 Å². The molecule has 11 fully saturated rings. The third-order valence-electron chi connectivity index (χ3n) is 33.5. The van der Waals surface area contributed by atoms with Crippen LogP contribution in [0.4, 0.5) is 37.7 Å². The van der Waals surface area contributed by atoms with E-state index in [0.717, 1.165) is 64.0 Å². The fraction of sp³-hybridized carbons (Fsp3) is 0.440. The van der Waals surface area contributed by atoms with Gasteiger partial charge >= 0.3 is 0 Å². The molecule has 6 aromatic rings. The van der Waals surface area contributed by atoms with Gasteiger partial charge < -0.3 is 71.3 Å². The van der Waals surface area contributed by atoms with Crippen LogP contribution in [-0.4, -0.2) is 191 Å². The van der Waals surface area contributed by atoms with Crippen molar-refractivity contribution in [2.75, 3.05) is 31.3 Å². The number of carbonyl (C=O) groups excluding carboxylic acids is 7. The molecule has 12 aliphatic carbocycles. The summed E-state index contributed by atoms with van der Waals surface area (Å²) in [5.41, 5.74) is -0.130. The number of anilines is 2. The highest BCUT2D eigenvalue weighted by atomic mass is 19.2. The number of ketones is 6. The molecule has 12 N–H and O–H groups in total. The van der Waals surface area contributed by atoms with Crippen LogP contribution in [0.15, 0.2) is 217 Å². The number of Topliss-reactive ketones (excluding diaryl/α,β-unsaturated/α-hetero) is 3. The van der Waals surface area contributed by atoms with Crippen molar-refractivity contribution in [3.05, 3.63) is 273 Å². The summed E-state index contributed by atoms with van der Waals surface area (Å²) in [7, 11) is 0. The minimum Gasteiger partial charge on any atom is -0.399 e. The SMILES string of the molecule is C[C@]12C=CC(=O)C=C1[C@@H](F)C[C@H]1[C@@H]3C[C@@H](O)[C@](O)(C(=O)CO)[C@@]3(C)C[C@H](O)[C@@]12F.C[C@]12C=CC(=O)C=C1[C@@H](F)C[C@H]1[C@@H]3C[C@H]4O[C@@H](c5ccc(C#Cc6cccc(N)c6)cc5)O[C@@]4(C(=O)CO)[C@@]3(C)C[C@H](O)[C@@]12F.C[C@]12C=CC(=O)C=C1[C@@H](F)C[C@H]1[C@@H]3C[C@H]4O[C@H](c5ccc(C#Cc6cccc(N)c6)cc5)O[C@@]4(C(=O)CO)[C@@]3(C)C[C@H](O)[C@@]12F.Cc1cccc(C#Cc2ccc(C=O)cc2)c1. The van der Waals surface area contributed by atoms with Crippen molar-refractivity contribution in [3.8, 4) is 35.5 Å². The highest BCUT2D eigenvalue weighted by molar-refractivity contribution is 6.03. The average Bonchev–Trinajstić information content (AvgIpc) is 1.46. The zero-order chi connectivity index (χ0) is 97.5. The van der Waals surface area contributed by atoms with Crippen molar-refractivity contribution in [1.82, 2.24) is 0 Å². The van der Waals surface area contributed by atoms with Crippen LogP contribution in [0.5, 0.6) is 0 Å². The number of fused-ring (bicyclic) bond motifs is 19. The zero-order valence-corrected chi connectivity index (χ0v) is 75.9. The van der Waals surface area contributed by atoms with E-state index in [-0.39, 0.29) is 74.5 Å². The first-order valence-electron chi connectivity index (χ1n) is 45.9. The number of benzene rings is 6. The van der Waals surface area contributed by atoms with Gasteiger partial charge in [0.05, 0.1) is 36.6 Å². The van der Waals surface area contributed by atoms with Gasteiger partial charge in [-0.25, -0.2) is 26.3 Å². The molecule has 29 atom stereocenters. The zero-order valence-electron chi connectivity index (χ0n) is 75.9. The molecule has 20 rings (SSSR count). The molecule has 27 heteroatoms. The second kappa shape index (κ2) is 35.1. The molecule has 710 valence electrons. The molecule has 0 amide bonds. The molecule has 0 aromatic heterocycles. The van der Waals surface area contributed by atoms with E-state index >= 15 is 26.3 Å². The Labute approximate surface area is 783 Å². The number of aliphatic hydroxyl groups excluding tert-OH is 7. The van der Waals surface area contributed by atoms with Crippen molar-refractivity contribution in [2.45, 2.75) is 208 Å². The topological polar surface area (TPSA) is 370 Å². The highest BCUT2D eigenvalue weighted by Crippen LogP contribution is 2.76. The summed E-state index contributed by atoms with van der Waals surface area (Å²) in [5, 5.41) is 85.6. The highest BCUT2D eigenvalue weighted by Gasteiger charge is 2.83. The van der Waals surface area contributed by atoms with Crippen LogP contribution in [-0.2, 0) is 47.7 Å². The van der Waals surface area contributed by atoms with Crippen LogP contribution < -0.4 is 11.5 Å². The number of alkyl halides is 6. The van der Waals surface area contributed by atoms with Crippen LogP contribution in [0, 0.1) is 110 Å². The van der Waals surface area contributed by atoms with Gasteiger partial charge in [0.1, 0.15) is 44.6 Å². The number of aryl methyl sites for hydroxylation is 1. The first-order chi connectivity index (χ1) is 64.4. The summed E-state index contributed by atoms with van der Waals surface area (Å²) < 4.78 is 124. The second-order valence-corrected chi connectivity index (χ2v) is 40.3. The summed E-state index contributed by atoms with van der Waals surface area (Å²) in [6, 6.07) is 44.2. The van der Waals surface area contributed by atoms with E-state index in [0.29, 0.717) is 28.1 Å². The first kappa shape index (κ1) is 96.5. The van der Waals surface area contributed by atoms with Crippen LogP contribution in [0.2, 0.25) is 0 Å². The fourth-order valence-electron chi connectivity index (χ4n) is 26.8. The van der Waals surface area contributed by atoms with E-state index in [9.17, 15) is 74.4 Å². The largest absolute Gasteiger partial charge is 0.399 e. The first-order valence-corrected chi connectivity index (χ1v) is 45.9. The number of nitrogen functional groups attached to an aromatic ring is 2. The van der Waals surface area contributed by atoms with Crippen LogP contribution in [0.1, 0.15) is 172 Å². The Hall–Kier alpha value is -11.2. The summed E-state index contributed by atoms with van der Waals surface area (Å²) in [4.78, 5) is 86.3. The Balaban J connectivity index is 0.000000133. The van der Waals surface area contributed by atoms with Gasteiger partial charge in [-0.15, -0.1) is 0 Å². The number of aldehydes is 1. The third kappa shape index (κ3) is 14.6. The molecule has 6 aromatic carbocycles. The molecule has 0 radical (unpaired) electrons. The summed E-state index contributed by atoms with van der Waals surface area (Å²) in [6.07, 6.45) is -4.45. The Morgan fingerprint density at radius 3 is 1.08 bits per heavy atom. The lowest BCUT2D eigenvalue weighted by Gasteiger charge is -2.63. The minimum absolute atomic E-state index is 0.0216. The smallest absolute Gasteiger partial charge is 0.193 e. The van der Waals surface area contributed by atoms with Crippen LogP contribution in [0.3, 0.4) is 0 Å². The molecule has 0 unspecified atom stereocenters. The molecule has 2 saturated heterocycles. The number of hydrogen-bond donors (Lipinski definition) is 10. The quantitative estimate of drug-likeness (QED) is 0.0278. The standard InChI is InChI=1S/2C36H35F2NO6.C21H26F2O6.C16H12O/c2*1-33-13-12-24(41)15-27(33)28(37)16-26-25-17-31-36(30(43)19-40,34(25,2)18-29(42)35(26,33)38)45-32(44-31)22-10-8-20(9-11-22)6-7-21-4-3-5-23(39)14-21;1-18-4-3-10(25)5-13(18)14(22)6-12-11-7-15(26)21(29,17(28)9-24)19(11,2)8-16(27)20(12,18)23;1-13-3-2-4-15(11-13)8-5-14-6-9-16(12-17)10-7-14/h2*3-5,8-15,25-26,28-29,31-32,40,42H,16-19,39H2,1-2H3;3-5,11-12,14-16,24,26-27,29H,6-9H2,1-2H3;2-4,6-7,9-12H,1H3/t25-,26-,28-,29-,31+,32+,33-,34-,35-,36+;25-,26-,28-,29-,31+,32-,33-,34-,35-,36+;11-,12-,14-,15+,16-,18-,19-,20-,21-;/m000./s1. The maximum Gasteiger partial charge on any atom is 0.193 e. The van der Waals surface area contributed by atoms with Crippen molar-refractivity contribution < 1.29 is 120 Å². The van der Waals surface area contributed by atoms with E-state index in [4.69, 9.17) is 30.4 Å². The fourth-order valence-corrected chi connectivity index (χ4v) is 26.8. The maximum atomic E-state index is 17.5. The molecular weight excluding hydrogens is 1760 g/mol. The van der Waals surface area contributed by atoms with Crippen molar-refractivity contribution >= 4 is 52.4 Å². The van der Waals surface area contributed by atoms with Gasteiger partial charge in [0.25, 0.3) is 0 Å². The predicted octanol–water partition coefficient (Wildman–Crippen LogP) is 12.4. The molecule has 21 nitrogen and oxygen atoms in total. The minimum atomic E-state index is -2.37. The third-order valence-corrected chi connectivity index (χ3v) is 33.5. The van der Waals surface area contributed by atoms with Gasteiger partial charge in [0, 0.05) is 112 Å². The van der Waals surface area contributed by atoms with Crippen molar-refractivity contribution in [1.29, 1.82) is 0 Å².